The number of aryl methyl sites for hydroxylation is 1. The van der Waals surface area contributed by atoms with Gasteiger partial charge in [0.15, 0.2) is 0 Å². The molecule has 0 aliphatic carbocycles. The highest BCUT2D eigenvalue weighted by atomic mass is 16.5. The molecular weight excluding hydrogens is 302 g/mol. The smallest absolute Gasteiger partial charge is 0.224 e. The minimum absolute atomic E-state index is 0.0430. The molecule has 126 valence electrons. The standard InChI is InChI=1S/C20H23NO3/c1-23-18-7-4-15(5-8-18)14-20(22)21-11-10-16-6-9-19-17(13-16)3-2-12-24-19/h4-9,13H,2-3,10-12,14H2,1H3,(H,21,22). The molecule has 24 heavy (non-hydrogen) atoms. The van der Waals surface area contributed by atoms with Gasteiger partial charge in [0.1, 0.15) is 11.5 Å². The lowest BCUT2D eigenvalue weighted by Crippen LogP contribution is -2.27. The predicted octanol–water partition coefficient (Wildman–Crippen LogP) is 2.92. The number of hydrogen-bond acceptors (Lipinski definition) is 3. The zero-order valence-corrected chi connectivity index (χ0v) is 14.0. The number of carbonyl (C=O) groups excluding carboxylic acids is 1. The molecule has 4 nitrogen and oxygen atoms in total. The van der Waals surface area contributed by atoms with E-state index in [9.17, 15) is 4.79 Å². The fraction of sp³-hybridized carbons (Fsp3) is 0.350. The number of carbonyl (C=O) groups is 1. The van der Waals surface area contributed by atoms with Gasteiger partial charge in [-0.2, -0.15) is 0 Å². The number of amides is 1. The molecule has 1 N–H and O–H groups in total. The van der Waals surface area contributed by atoms with Crippen LogP contribution in [0.25, 0.3) is 0 Å². The number of rotatable bonds is 6. The normalized spacial score (nSPS) is 12.9. The van der Waals surface area contributed by atoms with Crippen LogP contribution in [0, 0.1) is 0 Å². The average molecular weight is 325 g/mol. The van der Waals surface area contributed by atoms with Crippen LogP contribution >= 0.6 is 0 Å². The molecule has 0 saturated heterocycles. The van der Waals surface area contributed by atoms with Gasteiger partial charge in [-0.1, -0.05) is 24.3 Å². The lowest BCUT2D eigenvalue weighted by molar-refractivity contribution is -0.120. The maximum atomic E-state index is 12.0. The van der Waals surface area contributed by atoms with Gasteiger partial charge in [-0.05, 0) is 54.2 Å². The lowest BCUT2D eigenvalue weighted by Gasteiger charge is -2.18. The van der Waals surface area contributed by atoms with E-state index in [1.54, 1.807) is 7.11 Å². The summed E-state index contributed by atoms with van der Waals surface area (Å²) in [5.74, 6) is 1.85. The minimum Gasteiger partial charge on any atom is -0.497 e. The van der Waals surface area contributed by atoms with Crippen molar-refractivity contribution in [1.82, 2.24) is 5.32 Å². The van der Waals surface area contributed by atoms with Crippen LogP contribution in [0.2, 0.25) is 0 Å². The molecule has 0 spiro atoms. The third-order valence-electron chi connectivity index (χ3n) is 4.23. The summed E-state index contributed by atoms with van der Waals surface area (Å²) in [7, 11) is 1.63. The van der Waals surface area contributed by atoms with Gasteiger partial charge in [-0.15, -0.1) is 0 Å². The molecule has 2 aromatic rings. The Morgan fingerprint density at radius 2 is 1.96 bits per heavy atom. The van der Waals surface area contributed by atoms with Crippen LogP contribution in [-0.2, 0) is 24.1 Å². The first-order valence-electron chi connectivity index (χ1n) is 8.39. The van der Waals surface area contributed by atoms with Gasteiger partial charge in [-0.25, -0.2) is 0 Å². The molecule has 0 aromatic heterocycles. The summed E-state index contributed by atoms with van der Waals surface area (Å²) in [4.78, 5) is 12.0. The maximum Gasteiger partial charge on any atom is 0.224 e. The van der Waals surface area contributed by atoms with Crippen LogP contribution in [0.3, 0.4) is 0 Å². The highest BCUT2D eigenvalue weighted by Crippen LogP contribution is 2.25. The number of benzene rings is 2. The third-order valence-corrected chi connectivity index (χ3v) is 4.23. The summed E-state index contributed by atoms with van der Waals surface area (Å²) in [6.07, 6.45) is 3.38. The van der Waals surface area contributed by atoms with E-state index in [1.165, 1.54) is 11.1 Å². The van der Waals surface area contributed by atoms with E-state index in [1.807, 2.05) is 30.3 Å². The van der Waals surface area contributed by atoms with Gasteiger partial charge in [0.25, 0.3) is 0 Å². The van der Waals surface area contributed by atoms with E-state index < -0.39 is 0 Å². The quantitative estimate of drug-likeness (QED) is 0.888. The SMILES string of the molecule is COc1ccc(CC(=O)NCCc2ccc3c(c2)CCCO3)cc1. The van der Waals surface area contributed by atoms with E-state index in [4.69, 9.17) is 9.47 Å². The van der Waals surface area contributed by atoms with Crippen molar-refractivity contribution >= 4 is 5.91 Å². The number of hydrogen-bond donors (Lipinski definition) is 1. The van der Waals surface area contributed by atoms with Crippen LogP contribution in [0.5, 0.6) is 11.5 Å². The van der Waals surface area contributed by atoms with Crippen LogP contribution in [0.4, 0.5) is 0 Å². The van der Waals surface area contributed by atoms with Crippen molar-refractivity contribution in [2.75, 3.05) is 20.3 Å². The molecule has 4 heteroatoms. The zero-order chi connectivity index (χ0) is 16.8. The lowest BCUT2D eigenvalue weighted by atomic mass is 10.0. The van der Waals surface area contributed by atoms with Crippen molar-refractivity contribution in [3.63, 3.8) is 0 Å². The molecule has 1 aliphatic heterocycles. The Morgan fingerprint density at radius 3 is 2.75 bits per heavy atom. The van der Waals surface area contributed by atoms with Crippen molar-refractivity contribution in [2.24, 2.45) is 0 Å². The summed E-state index contributed by atoms with van der Waals surface area (Å²) in [6.45, 7) is 1.46. The summed E-state index contributed by atoms with van der Waals surface area (Å²) >= 11 is 0. The van der Waals surface area contributed by atoms with Crippen LogP contribution in [0.15, 0.2) is 42.5 Å². The van der Waals surface area contributed by atoms with Gasteiger partial charge in [0, 0.05) is 6.54 Å². The Balaban J connectivity index is 1.46. The highest BCUT2D eigenvalue weighted by molar-refractivity contribution is 5.78. The molecule has 3 rings (SSSR count). The predicted molar refractivity (Wildman–Crippen MR) is 93.7 cm³/mol. The highest BCUT2D eigenvalue weighted by Gasteiger charge is 2.10. The molecular formula is C20H23NO3. The number of methoxy groups -OCH3 is 1. The van der Waals surface area contributed by atoms with Crippen molar-refractivity contribution in [3.8, 4) is 11.5 Å². The Bertz CT molecular complexity index is 695. The molecule has 0 saturated carbocycles. The van der Waals surface area contributed by atoms with Crippen molar-refractivity contribution in [3.05, 3.63) is 59.2 Å². The summed E-state index contributed by atoms with van der Waals surface area (Å²) in [5, 5.41) is 2.99. The molecule has 0 atom stereocenters. The molecule has 1 aliphatic rings. The van der Waals surface area contributed by atoms with Gasteiger partial charge < -0.3 is 14.8 Å². The molecule has 0 bridgehead atoms. The third kappa shape index (κ3) is 4.28. The minimum atomic E-state index is 0.0430. The largest absolute Gasteiger partial charge is 0.497 e. The summed E-state index contributed by atoms with van der Waals surface area (Å²) < 4.78 is 10.7. The van der Waals surface area contributed by atoms with Gasteiger partial charge in [-0.3, -0.25) is 4.79 Å². The topological polar surface area (TPSA) is 47.6 Å². The second kappa shape index (κ2) is 7.86. The maximum absolute atomic E-state index is 12.0. The van der Waals surface area contributed by atoms with E-state index in [0.717, 1.165) is 42.9 Å². The molecule has 1 amide bonds. The average Bonchev–Trinajstić information content (AvgIpc) is 2.62. The second-order valence-corrected chi connectivity index (χ2v) is 6.02. The summed E-state index contributed by atoms with van der Waals surface area (Å²) in [6, 6.07) is 13.9. The van der Waals surface area contributed by atoms with Gasteiger partial charge >= 0.3 is 0 Å². The molecule has 1 heterocycles. The fourth-order valence-electron chi connectivity index (χ4n) is 2.91. The van der Waals surface area contributed by atoms with E-state index in [2.05, 4.69) is 17.4 Å². The van der Waals surface area contributed by atoms with Crippen LogP contribution in [-0.4, -0.2) is 26.2 Å². The number of ether oxygens (including phenoxy) is 2. The molecule has 0 unspecified atom stereocenters. The monoisotopic (exact) mass is 325 g/mol. The number of fused-ring (bicyclic) bond motifs is 1. The Labute approximate surface area is 142 Å². The first-order valence-corrected chi connectivity index (χ1v) is 8.39. The summed E-state index contributed by atoms with van der Waals surface area (Å²) in [5.41, 5.74) is 3.51. The Hall–Kier alpha value is -2.49. The van der Waals surface area contributed by atoms with Gasteiger partial charge in [0.05, 0.1) is 20.1 Å². The number of nitrogens with one attached hydrogen (secondary N) is 1. The Kier molecular flexibility index (Phi) is 5.36. The first-order chi connectivity index (χ1) is 11.7. The zero-order valence-electron chi connectivity index (χ0n) is 14.0. The van der Waals surface area contributed by atoms with Crippen molar-refractivity contribution in [1.29, 1.82) is 0 Å². The first kappa shape index (κ1) is 16.4. The Morgan fingerprint density at radius 1 is 1.17 bits per heavy atom. The molecule has 0 radical (unpaired) electrons. The van der Waals surface area contributed by atoms with Crippen LogP contribution < -0.4 is 14.8 Å². The van der Waals surface area contributed by atoms with Crippen LogP contribution in [0.1, 0.15) is 23.1 Å². The van der Waals surface area contributed by atoms with Crippen molar-refractivity contribution < 1.29 is 14.3 Å². The molecule has 2 aromatic carbocycles. The van der Waals surface area contributed by atoms with E-state index in [0.29, 0.717) is 13.0 Å². The second-order valence-electron chi connectivity index (χ2n) is 6.02. The van der Waals surface area contributed by atoms with Crippen molar-refractivity contribution in [2.45, 2.75) is 25.7 Å². The fourth-order valence-corrected chi connectivity index (χ4v) is 2.91. The van der Waals surface area contributed by atoms with Gasteiger partial charge in [0.2, 0.25) is 5.91 Å². The van der Waals surface area contributed by atoms with E-state index in [-0.39, 0.29) is 5.91 Å². The van der Waals surface area contributed by atoms with E-state index >= 15 is 0 Å². The molecule has 0 fully saturated rings.